The second-order valence-electron chi connectivity index (χ2n) is 11.0. The van der Waals surface area contributed by atoms with E-state index in [-0.39, 0.29) is 34.4 Å². The summed E-state index contributed by atoms with van der Waals surface area (Å²) in [6.07, 6.45) is 10.4. The van der Waals surface area contributed by atoms with Crippen LogP contribution in [-0.2, 0) is 21.2 Å². The van der Waals surface area contributed by atoms with Crippen LogP contribution >= 0.6 is 0 Å². The fourth-order valence-corrected chi connectivity index (χ4v) is 7.58. The van der Waals surface area contributed by atoms with Crippen molar-refractivity contribution in [2.75, 3.05) is 23.7 Å². The van der Waals surface area contributed by atoms with Gasteiger partial charge in [0.1, 0.15) is 5.65 Å². The fourth-order valence-electron chi connectivity index (χ4n) is 6.06. The van der Waals surface area contributed by atoms with Gasteiger partial charge in [0.05, 0.1) is 28.5 Å². The largest absolute Gasteiger partial charge is 0.388 e. The topological polar surface area (TPSA) is 147 Å². The molecule has 1 amide bonds. The number of carbonyl (C=O) groups is 1. The highest BCUT2D eigenvalue weighted by atomic mass is 32.2. The van der Waals surface area contributed by atoms with Crippen LogP contribution < -0.4 is 16.2 Å². The van der Waals surface area contributed by atoms with E-state index < -0.39 is 21.7 Å². The van der Waals surface area contributed by atoms with Crippen molar-refractivity contribution in [3.8, 4) is 12.3 Å². The lowest BCUT2D eigenvalue weighted by Crippen LogP contribution is -2.42. The Morgan fingerprint density at radius 2 is 1.98 bits per heavy atom. The number of anilines is 2. The molecule has 1 saturated heterocycles. The predicted molar refractivity (Wildman–Crippen MR) is 149 cm³/mol. The van der Waals surface area contributed by atoms with Crippen molar-refractivity contribution < 1.29 is 18.3 Å². The Balaban J connectivity index is 1.21. The number of hydrogen-bond donors (Lipinski definition) is 3. The lowest BCUT2D eigenvalue weighted by molar-refractivity contribution is -0.115. The third-order valence-electron chi connectivity index (χ3n) is 8.25. The van der Waals surface area contributed by atoms with E-state index in [9.17, 15) is 23.1 Å². The number of carbonyl (C=O) groups excluding carboxylic acids is 1. The molecule has 2 atom stereocenters. The smallest absolute Gasteiger partial charge is 0.268 e. The fraction of sp³-hybridized carbons (Fsp3) is 0.429. The molecular weight excluding hydrogens is 532 g/mol. The Bertz CT molecular complexity index is 1730. The van der Waals surface area contributed by atoms with Gasteiger partial charge >= 0.3 is 0 Å². The Morgan fingerprint density at radius 1 is 1.20 bits per heavy atom. The summed E-state index contributed by atoms with van der Waals surface area (Å²) in [5, 5.41) is 17.6. The van der Waals surface area contributed by atoms with Crippen LogP contribution in [0.1, 0.15) is 56.2 Å². The van der Waals surface area contributed by atoms with Gasteiger partial charge in [-0.3, -0.25) is 14.2 Å². The molecule has 208 valence electrons. The van der Waals surface area contributed by atoms with Gasteiger partial charge in [0.15, 0.2) is 0 Å². The zero-order valence-corrected chi connectivity index (χ0v) is 22.9. The van der Waals surface area contributed by atoms with Crippen molar-refractivity contribution in [3.63, 3.8) is 0 Å². The molecule has 3 N–H and O–H groups in total. The molecule has 2 fully saturated rings. The molecule has 2 aliphatic heterocycles. The van der Waals surface area contributed by atoms with E-state index in [0.29, 0.717) is 67.0 Å². The molecule has 12 heteroatoms. The molecule has 40 heavy (non-hydrogen) atoms. The van der Waals surface area contributed by atoms with Gasteiger partial charge in [0.2, 0.25) is 21.9 Å². The molecule has 0 unspecified atom stereocenters. The zero-order valence-electron chi connectivity index (χ0n) is 22.1. The number of terminal acetylenes is 1. The van der Waals surface area contributed by atoms with Crippen molar-refractivity contribution in [2.24, 2.45) is 0 Å². The Morgan fingerprint density at radius 3 is 2.67 bits per heavy atom. The van der Waals surface area contributed by atoms with Crippen LogP contribution in [0.3, 0.4) is 0 Å². The first-order chi connectivity index (χ1) is 19.1. The van der Waals surface area contributed by atoms with Gasteiger partial charge in [-0.1, -0.05) is 5.92 Å². The Hall–Kier alpha value is -3.79. The van der Waals surface area contributed by atoms with Crippen molar-refractivity contribution in [1.82, 2.24) is 18.8 Å². The van der Waals surface area contributed by atoms with Gasteiger partial charge in [-0.2, -0.15) is 9.29 Å². The first kappa shape index (κ1) is 26.4. The highest BCUT2D eigenvalue weighted by Crippen LogP contribution is 2.39. The van der Waals surface area contributed by atoms with E-state index in [4.69, 9.17) is 6.42 Å². The molecule has 0 bridgehead atoms. The molecule has 0 radical (unpaired) electrons. The highest BCUT2D eigenvalue weighted by Gasteiger charge is 2.40. The van der Waals surface area contributed by atoms with Crippen molar-refractivity contribution in [3.05, 3.63) is 51.9 Å². The number of aromatic nitrogens is 3. The highest BCUT2D eigenvalue weighted by molar-refractivity contribution is 7.89. The maximum Gasteiger partial charge on any atom is 0.268 e. The average Bonchev–Trinajstić information content (AvgIpc) is 3.48. The first-order valence-corrected chi connectivity index (χ1v) is 14.8. The zero-order chi connectivity index (χ0) is 28.2. The molecule has 2 aromatic heterocycles. The monoisotopic (exact) mass is 562 g/mol. The van der Waals surface area contributed by atoms with Gasteiger partial charge in [-0.15, -0.1) is 6.42 Å². The Kier molecular flexibility index (Phi) is 6.40. The van der Waals surface area contributed by atoms with Crippen molar-refractivity contribution in [2.45, 2.75) is 68.0 Å². The number of hydrogen-bond acceptors (Lipinski definition) is 8. The minimum Gasteiger partial charge on any atom is -0.388 e. The quantitative estimate of drug-likeness (QED) is 0.400. The van der Waals surface area contributed by atoms with Gasteiger partial charge in [0.25, 0.3) is 5.56 Å². The number of rotatable bonds is 5. The minimum atomic E-state index is -3.71. The van der Waals surface area contributed by atoms with Gasteiger partial charge in [0, 0.05) is 36.4 Å². The van der Waals surface area contributed by atoms with Gasteiger partial charge in [-0.05, 0) is 68.9 Å². The minimum absolute atomic E-state index is 0.0783. The third kappa shape index (κ3) is 4.54. The molecule has 1 aliphatic carbocycles. The second kappa shape index (κ2) is 9.69. The van der Waals surface area contributed by atoms with E-state index in [1.165, 1.54) is 14.9 Å². The van der Waals surface area contributed by atoms with Gasteiger partial charge < -0.3 is 15.7 Å². The van der Waals surface area contributed by atoms with E-state index in [0.717, 1.165) is 6.42 Å². The van der Waals surface area contributed by atoms with Gasteiger partial charge in [-0.25, -0.2) is 13.4 Å². The average molecular weight is 563 g/mol. The standard InChI is InChI=1S/C28H30N6O5S/c1-3-17-13-19-16-29-27(32-25(19)34(26(17)36)23-5-4-10-28(23,2)37)30-20-8-11-33(12-9-20)40(38,39)21-6-7-22-18(14-21)15-24(35)31-22/h1,6-7,13-14,16,20,23,37H,4-5,8-12,15H2,2H3,(H,31,35)(H,29,30,32)/t23-,28-/m1/s1. The molecule has 6 rings (SSSR count). The lowest BCUT2D eigenvalue weighted by atomic mass is 9.99. The molecule has 1 saturated carbocycles. The van der Waals surface area contributed by atoms with Crippen molar-refractivity contribution in [1.29, 1.82) is 0 Å². The van der Waals surface area contributed by atoms with Crippen LogP contribution in [0.25, 0.3) is 11.0 Å². The number of benzene rings is 1. The van der Waals surface area contributed by atoms with E-state index >= 15 is 0 Å². The van der Waals surface area contributed by atoms with E-state index in [1.54, 1.807) is 31.3 Å². The summed E-state index contributed by atoms with van der Waals surface area (Å²) < 4.78 is 29.5. The number of nitrogens with one attached hydrogen (secondary N) is 2. The molecule has 4 heterocycles. The van der Waals surface area contributed by atoms with Crippen molar-refractivity contribution >= 4 is 38.6 Å². The molecule has 3 aliphatic rings. The van der Waals surface area contributed by atoms with E-state index in [1.807, 2.05) is 0 Å². The number of sulfonamides is 1. The molecule has 11 nitrogen and oxygen atoms in total. The summed E-state index contributed by atoms with van der Waals surface area (Å²) in [5.74, 6) is 2.62. The summed E-state index contributed by atoms with van der Waals surface area (Å²) >= 11 is 0. The van der Waals surface area contributed by atoms with Crippen LogP contribution in [0, 0.1) is 12.3 Å². The molecular formula is C28H30N6O5S. The predicted octanol–water partition coefficient (Wildman–Crippen LogP) is 2.01. The second-order valence-corrected chi connectivity index (χ2v) is 12.9. The summed E-state index contributed by atoms with van der Waals surface area (Å²) in [5.41, 5.74) is 0.503. The molecule has 3 aromatic rings. The number of amides is 1. The molecule has 1 aromatic carbocycles. The van der Waals surface area contributed by atoms with Crippen LogP contribution in [0.5, 0.6) is 0 Å². The van der Waals surface area contributed by atoms with Crippen LogP contribution in [-0.4, -0.2) is 63.0 Å². The SMILES string of the molecule is C#Cc1cc2cnc(NC3CCN(S(=O)(=O)c4ccc5c(c4)CC(=O)N5)CC3)nc2n([C@@H]2CCC[C@@]2(C)O)c1=O. The summed E-state index contributed by atoms with van der Waals surface area (Å²) in [6.45, 7) is 2.35. The summed E-state index contributed by atoms with van der Waals surface area (Å²) in [6, 6.07) is 5.79. The number of fused-ring (bicyclic) bond motifs is 2. The van der Waals surface area contributed by atoms with E-state index in [2.05, 4.69) is 26.5 Å². The van der Waals surface area contributed by atoms with Crippen LogP contribution in [0.2, 0.25) is 0 Å². The lowest BCUT2D eigenvalue weighted by Gasteiger charge is -2.32. The van der Waals surface area contributed by atoms with Crippen LogP contribution in [0.15, 0.2) is 40.2 Å². The summed E-state index contributed by atoms with van der Waals surface area (Å²) in [4.78, 5) is 34.2. The number of aliphatic hydroxyl groups is 1. The molecule has 0 spiro atoms. The third-order valence-corrected chi connectivity index (χ3v) is 10.1. The van der Waals surface area contributed by atoms with Crippen LogP contribution in [0.4, 0.5) is 11.6 Å². The normalized spacial score (nSPS) is 23.6. The first-order valence-electron chi connectivity index (χ1n) is 13.4. The maximum absolute atomic E-state index is 13.3. The number of nitrogens with zero attached hydrogens (tertiary/aromatic N) is 4. The maximum atomic E-state index is 13.3. The summed E-state index contributed by atoms with van der Waals surface area (Å²) in [7, 11) is -3.71. The Labute approximate surface area is 231 Å². The number of piperidine rings is 1. The number of pyridine rings is 1.